The van der Waals surface area contributed by atoms with E-state index in [2.05, 4.69) is 60.1 Å². The predicted molar refractivity (Wildman–Crippen MR) is 158 cm³/mol. The van der Waals surface area contributed by atoms with Crippen LogP contribution in [0.2, 0.25) is 39.3 Å². The van der Waals surface area contributed by atoms with Crippen LogP contribution in [0, 0.1) is 46.3 Å². The maximum Gasteiger partial charge on any atom is 0.305 e. The lowest BCUT2D eigenvalue weighted by atomic mass is 9.43. The molecule has 0 aromatic carbocycles. The van der Waals surface area contributed by atoms with Gasteiger partial charge in [0.25, 0.3) is 0 Å². The van der Waals surface area contributed by atoms with E-state index < -0.39 is 16.6 Å². The Hall–Kier alpha value is -0.506. The van der Waals surface area contributed by atoms with Crippen molar-refractivity contribution in [2.75, 3.05) is 7.11 Å². The van der Waals surface area contributed by atoms with E-state index in [1.54, 1.807) is 0 Å². The van der Waals surface area contributed by atoms with Crippen LogP contribution in [0.5, 0.6) is 0 Å². The molecular weight excluding hydrogens is 509 g/mol. The summed E-state index contributed by atoms with van der Waals surface area (Å²) in [5, 5.41) is 0. The van der Waals surface area contributed by atoms with Crippen LogP contribution in [-0.2, 0) is 23.2 Å². The fourth-order valence-electron chi connectivity index (χ4n) is 9.72. The SMILES string of the molecule is COC(=O)CC[C@@H](C)[C@H]1CC[C@H]2[C@@H]3C(O[Si](C)(C)C)CC4CC(=O)CC[C@]4(C)[C@H]3CC(O[Si](C)(C)C)[C@]12C. The van der Waals surface area contributed by atoms with Crippen LogP contribution in [0.1, 0.15) is 78.6 Å². The largest absolute Gasteiger partial charge is 0.469 e. The van der Waals surface area contributed by atoms with E-state index in [1.165, 1.54) is 20.0 Å². The summed E-state index contributed by atoms with van der Waals surface area (Å²) in [6.07, 6.45) is 8.92. The first-order valence-electron chi connectivity index (χ1n) is 15.4. The number of rotatable bonds is 8. The lowest BCUT2D eigenvalue weighted by molar-refractivity contribution is -0.194. The number of carbonyl (C=O) groups is 2. The first kappa shape index (κ1) is 30.5. The third-order valence-electron chi connectivity index (χ3n) is 11.3. The zero-order valence-corrected chi connectivity index (χ0v) is 28.0. The van der Waals surface area contributed by atoms with Crippen LogP contribution in [-0.4, -0.2) is 47.7 Å². The first-order valence-corrected chi connectivity index (χ1v) is 22.3. The van der Waals surface area contributed by atoms with Crippen molar-refractivity contribution in [2.24, 2.45) is 46.3 Å². The normalized spacial score (nSPS) is 42.2. The third-order valence-corrected chi connectivity index (χ3v) is 13.3. The molecule has 0 saturated heterocycles. The van der Waals surface area contributed by atoms with Crippen molar-refractivity contribution in [3.8, 4) is 0 Å². The molecule has 0 spiro atoms. The van der Waals surface area contributed by atoms with Gasteiger partial charge in [-0.15, -0.1) is 0 Å². The van der Waals surface area contributed by atoms with E-state index in [0.29, 0.717) is 47.7 Å². The van der Waals surface area contributed by atoms with Gasteiger partial charge in [-0.05, 0) is 124 Å². The fourth-order valence-corrected chi connectivity index (χ4v) is 12.1. The molecule has 4 fully saturated rings. The average Bonchev–Trinajstić information content (AvgIpc) is 3.15. The number of carbonyl (C=O) groups excluding carboxylic acids is 2. The van der Waals surface area contributed by atoms with Crippen molar-refractivity contribution >= 4 is 28.4 Å². The van der Waals surface area contributed by atoms with Gasteiger partial charge < -0.3 is 13.6 Å². The van der Waals surface area contributed by atoms with Gasteiger partial charge in [-0.3, -0.25) is 9.59 Å². The number of hydrogen-bond acceptors (Lipinski definition) is 5. The minimum absolute atomic E-state index is 0.0751. The van der Waals surface area contributed by atoms with Gasteiger partial charge in [0.15, 0.2) is 16.6 Å². The highest BCUT2D eigenvalue weighted by Gasteiger charge is 2.67. The summed E-state index contributed by atoms with van der Waals surface area (Å²) >= 11 is 0. The van der Waals surface area contributed by atoms with Gasteiger partial charge in [-0.25, -0.2) is 0 Å². The molecule has 7 heteroatoms. The lowest BCUT2D eigenvalue weighted by Crippen LogP contribution is -2.64. The Morgan fingerprint density at radius 1 is 1.00 bits per heavy atom. The zero-order valence-electron chi connectivity index (χ0n) is 26.0. The number of ether oxygens (including phenoxy) is 1. The third kappa shape index (κ3) is 5.78. The van der Waals surface area contributed by atoms with Crippen molar-refractivity contribution in [3.05, 3.63) is 0 Å². The molecule has 0 bridgehead atoms. The Bertz CT molecular complexity index is 894. The quantitative estimate of drug-likeness (QED) is 0.226. The molecule has 4 saturated carbocycles. The highest BCUT2D eigenvalue weighted by atomic mass is 28.4. The maximum atomic E-state index is 12.7. The van der Waals surface area contributed by atoms with Gasteiger partial charge in [-0.2, -0.15) is 0 Å². The number of methoxy groups -OCH3 is 1. The Morgan fingerprint density at radius 2 is 1.66 bits per heavy atom. The van der Waals surface area contributed by atoms with E-state index in [-0.39, 0.29) is 29.0 Å². The number of fused-ring (bicyclic) bond motifs is 5. The monoisotopic (exact) mass is 564 g/mol. The summed E-state index contributed by atoms with van der Waals surface area (Å²) in [6, 6.07) is 0. The first-order chi connectivity index (χ1) is 17.5. The van der Waals surface area contributed by atoms with Gasteiger partial charge >= 0.3 is 5.97 Å². The maximum absolute atomic E-state index is 12.7. The predicted octanol–water partition coefficient (Wildman–Crippen LogP) is 7.46. The second-order valence-electron chi connectivity index (χ2n) is 15.8. The highest BCUT2D eigenvalue weighted by molar-refractivity contribution is 6.70. The summed E-state index contributed by atoms with van der Waals surface area (Å²) in [5.41, 5.74) is 0.264. The molecule has 0 aliphatic heterocycles. The molecule has 0 amide bonds. The summed E-state index contributed by atoms with van der Waals surface area (Å²) in [6.45, 7) is 21.4. The van der Waals surface area contributed by atoms with Crippen LogP contribution < -0.4 is 0 Å². The Kier molecular flexibility index (Phi) is 8.59. The van der Waals surface area contributed by atoms with Crippen LogP contribution in [0.4, 0.5) is 0 Å². The van der Waals surface area contributed by atoms with E-state index in [1.807, 2.05) is 0 Å². The van der Waals surface area contributed by atoms with Gasteiger partial charge in [0.2, 0.25) is 0 Å². The minimum Gasteiger partial charge on any atom is -0.469 e. The minimum atomic E-state index is -1.80. The molecule has 0 aromatic heterocycles. The molecule has 38 heavy (non-hydrogen) atoms. The van der Waals surface area contributed by atoms with Crippen molar-refractivity contribution in [1.29, 1.82) is 0 Å². The van der Waals surface area contributed by atoms with Crippen LogP contribution >= 0.6 is 0 Å². The molecule has 218 valence electrons. The number of hydrogen-bond donors (Lipinski definition) is 0. The van der Waals surface area contributed by atoms with Gasteiger partial charge in [-0.1, -0.05) is 20.8 Å². The van der Waals surface area contributed by atoms with Crippen LogP contribution in [0.15, 0.2) is 0 Å². The number of esters is 1. The molecule has 5 nitrogen and oxygen atoms in total. The van der Waals surface area contributed by atoms with Gasteiger partial charge in [0.1, 0.15) is 5.78 Å². The molecular formula is C31H56O5Si2. The summed E-state index contributed by atoms with van der Waals surface area (Å²) in [7, 11) is -2.08. The zero-order chi connectivity index (χ0) is 28.3. The van der Waals surface area contributed by atoms with Crippen LogP contribution in [0.25, 0.3) is 0 Å². The van der Waals surface area contributed by atoms with E-state index >= 15 is 0 Å². The Balaban J connectivity index is 1.75. The van der Waals surface area contributed by atoms with Gasteiger partial charge in [0.05, 0.1) is 13.2 Å². The van der Waals surface area contributed by atoms with E-state index in [9.17, 15) is 9.59 Å². The standard InChI is InChI=1S/C31H56O5Si2/c1-20(11-14-28(33)34-4)23-12-13-24-29-25(19-27(31(23,24)3)36-38(8,9)10)30(2)16-15-22(32)17-21(30)18-26(29)35-37(5,6)7/h20-21,23-27,29H,11-19H2,1-10H3/t20-,21?,23-,24+,25+,26?,27?,29+,30+,31-/m1/s1. The second-order valence-corrected chi connectivity index (χ2v) is 24.8. The molecule has 0 aromatic rings. The number of ketones is 1. The summed E-state index contributed by atoms with van der Waals surface area (Å²) < 4.78 is 19.3. The Morgan fingerprint density at radius 3 is 2.26 bits per heavy atom. The van der Waals surface area contributed by atoms with Crippen molar-refractivity contribution in [2.45, 2.75) is 130 Å². The average molecular weight is 565 g/mol. The number of Topliss-reactive ketones (excluding diaryl/α,β-unsaturated/α-hetero) is 1. The molecule has 4 aliphatic rings. The summed E-state index contributed by atoms with van der Waals surface area (Å²) in [4.78, 5) is 24.7. The van der Waals surface area contributed by atoms with E-state index in [0.717, 1.165) is 38.5 Å². The van der Waals surface area contributed by atoms with Crippen molar-refractivity contribution < 1.29 is 23.2 Å². The molecule has 3 unspecified atom stereocenters. The molecule has 10 atom stereocenters. The lowest BCUT2D eigenvalue weighted by Gasteiger charge is -2.65. The highest BCUT2D eigenvalue weighted by Crippen LogP contribution is 2.69. The topological polar surface area (TPSA) is 61.8 Å². The van der Waals surface area contributed by atoms with Crippen molar-refractivity contribution in [3.63, 3.8) is 0 Å². The van der Waals surface area contributed by atoms with Crippen LogP contribution in [0.3, 0.4) is 0 Å². The molecule has 0 heterocycles. The molecule has 0 radical (unpaired) electrons. The van der Waals surface area contributed by atoms with Crippen molar-refractivity contribution in [1.82, 2.24) is 0 Å². The second kappa shape index (κ2) is 10.7. The van der Waals surface area contributed by atoms with Gasteiger partial charge in [0, 0.05) is 25.4 Å². The summed E-state index contributed by atoms with van der Waals surface area (Å²) in [5.74, 6) is 3.39. The van der Waals surface area contributed by atoms with E-state index in [4.69, 9.17) is 13.6 Å². The molecule has 0 N–H and O–H groups in total. The fraction of sp³-hybridized carbons (Fsp3) is 0.935. The molecule has 4 aliphatic carbocycles. The smallest absolute Gasteiger partial charge is 0.305 e. The Labute approximate surface area is 234 Å². The molecule has 4 rings (SSSR count).